The zero-order valence-corrected chi connectivity index (χ0v) is 32.5. The first-order valence-corrected chi connectivity index (χ1v) is 19.0. The second-order valence-corrected chi connectivity index (χ2v) is 16.3. The molecule has 0 saturated heterocycles. The summed E-state index contributed by atoms with van der Waals surface area (Å²) in [5, 5.41) is 18.6. The van der Waals surface area contributed by atoms with Gasteiger partial charge < -0.3 is 34.7 Å². The number of phenols is 1. The van der Waals surface area contributed by atoms with Crippen molar-refractivity contribution in [1.29, 1.82) is 0 Å². The Balaban J connectivity index is 1.52. The van der Waals surface area contributed by atoms with Gasteiger partial charge in [0.15, 0.2) is 0 Å². The molecule has 0 unspecified atom stereocenters. The molecule has 290 valence electrons. The minimum Gasteiger partial charge on any atom is -0.507 e. The highest BCUT2D eigenvalue weighted by molar-refractivity contribution is 7.92. The molecule has 14 heteroatoms. The van der Waals surface area contributed by atoms with Crippen molar-refractivity contribution in [2.45, 2.75) is 70.1 Å². The van der Waals surface area contributed by atoms with Gasteiger partial charge in [-0.2, -0.15) is 0 Å². The van der Waals surface area contributed by atoms with E-state index in [-0.39, 0.29) is 40.6 Å². The fourth-order valence-electron chi connectivity index (χ4n) is 5.75. The molecule has 0 aliphatic rings. The maximum absolute atomic E-state index is 13.7. The Morgan fingerprint density at radius 2 is 1.38 bits per heavy atom. The van der Waals surface area contributed by atoms with Crippen molar-refractivity contribution >= 4 is 55.4 Å². The molecule has 0 saturated carbocycles. The van der Waals surface area contributed by atoms with Crippen molar-refractivity contribution < 1.29 is 46.9 Å². The van der Waals surface area contributed by atoms with Crippen LogP contribution in [0.2, 0.25) is 0 Å². The third-order valence-corrected chi connectivity index (χ3v) is 9.45. The molecular formula is C41H45N3O10S. The molecule has 1 atom stereocenters. The van der Waals surface area contributed by atoms with Crippen LogP contribution in [0.5, 0.6) is 17.2 Å². The SMILES string of the molecule is COc1ccc(S(=O)(=O)Nc2cc(-c3c(O)ccc4ccccc34)c(OC(=O)NCC[C@H](NC(=O)OC(C)(C)C)C(=O)OC(C)(C)C)c3ccccc23)cc1. The molecule has 5 rings (SSSR count). The van der Waals surface area contributed by atoms with Gasteiger partial charge in [0, 0.05) is 28.4 Å². The summed E-state index contributed by atoms with van der Waals surface area (Å²) < 4.78 is 52.1. The number of alkyl carbamates (subject to hydrolysis) is 1. The molecule has 0 bridgehead atoms. The summed E-state index contributed by atoms with van der Waals surface area (Å²) in [6, 6.07) is 23.5. The van der Waals surface area contributed by atoms with Crippen LogP contribution < -0.4 is 24.8 Å². The molecule has 55 heavy (non-hydrogen) atoms. The number of rotatable bonds is 11. The van der Waals surface area contributed by atoms with Crippen LogP contribution in [0.3, 0.4) is 0 Å². The van der Waals surface area contributed by atoms with Crippen molar-refractivity contribution in [3.05, 3.63) is 91.0 Å². The van der Waals surface area contributed by atoms with Crippen LogP contribution in [0.15, 0.2) is 95.9 Å². The van der Waals surface area contributed by atoms with Gasteiger partial charge in [-0.25, -0.2) is 22.8 Å². The lowest BCUT2D eigenvalue weighted by molar-refractivity contribution is -0.157. The van der Waals surface area contributed by atoms with E-state index in [2.05, 4.69) is 15.4 Å². The van der Waals surface area contributed by atoms with Crippen molar-refractivity contribution in [1.82, 2.24) is 10.6 Å². The number of amides is 2. The molecule has 13 nitrogen and oxygen atoms in total. The molecule has 0 heterocycles. The minimum absolute atomic E-state index is 0.0162. The monoisotopic (exact) mass is 771 g/mol. The number of aromatic hydroxyl groups is 1. The topological polar surface area (TPSA) is 179 Å². The van der Waals surface area contributed by atoms with Gasteiger partial charge in [-0.1, -0.05) is 54.6 Å². The molecule has 0 spiro atoms. The van der Waals surface area contributed by atoms with Crippen molar-refractivity contribution in [3.8, 4) is 28.4 Å². The van der Waals surface area contributed by atoms with Crippen LogP contribution in [-0.2, 0) is 24.3 Å². The highest BCUT2D eigenvalue weighted by Crippen LogP contribution is 2.47. The molecule has 0 fully saturated rings. The van der Waals surface area contributed by atoms with Gasteiger partial charge >= 0.3 is 18.2 Å². The molecule has 0 aromatic heterocycles. The van der Waals surface area contributed by atoms with Gasteiger partial charge in [0.25, 0.3) is 10.0 Å². The van der Waals surface area contributed by atoms with E-state index >= 15 is 0 Å². The summed E-state index contributed by atoms with van der Waals surface area (Å²) in [6.07, 6.45) is -1.83. The molecule has 2 amide bonds. The van der Waals surface area contributed by atoms with E-state index in [0.29, 0.717) is 27.5 Å². The fourth-order valence-corrected chi connectivity index (χ4v) is 6.82. The minimum atomic E-state index is -4.14. The van der Waals surface area contributed by atoms with E-state index in [4.69, 9.17) is 18.9 Å². The number of fused-ring (bicyclic) bond motifs is 2. The normalized spacial score (nSPS) is 12.4. The molecule has 0 radical (unpaired) electrons. The van der Waals surface area contributed by atoms with E-state index in [9.17, 15) is 27.9 Å². The first-order valence-electron chi connectivity index (χ1n) is 17.5. The molecule has 5 aromatic carbocycles. The highest BCUT2D eigenvalue weighted by Gasteiger charge is 2.29. The first-order chi connectivity index (χ1) is 25.8. The quantitative estimate of drug-likeness (QED) is 0.0966. The number of sulfonamides is 1. The average Bonchev–Trinajstić information content (AvgIpc) is 3.10. The maximum atomic E-state index is 13.7. The third-order valence-electron chi connectivity index (χ3n) is 8.06. The predicted molar refractivity (Wildman–Crippen MR) is 210 cm³/mol. The number of carbonyl (C=O) groups is 3. The molecule has 5 aromatic rings. The van der Waals surface area contributed by atoms with Gasteiger partial charge in [-0.05, 0) is 95.1 Å². The van der Waals surface area contributed by atoms with Crippen molar-refractivity contribution in [3.63, 3.8) is 0 Å². The van der Waals surface area contributed by atoms with Crippen LogP contribution in [-0.4, -0.2) is 62.6 Å². The van der Waals surface area contributed by atoms with E-state index < -0.39 is 45.4 Å². The Morgan fingerprint density at radius 1 is 0.764 bits per heavy atom. The lowest BCUT2D eigenvalue weighted by Gasteiger charge is -2.26. The van der Waals surface area contributed by atoms with Crippen LogP contribution in [0.4, 0.5) is 15.3 Å². The summed E-state index contributed by atoms with van der Waals surface area (Å²) in [5.41, 5.74) is -1.00. The fraction of sp³-hybridized carbons (Fsp3) is 0.293. The Hall–Kier alpha value is -6.02. The molecular weight excluding hydrogens is 727 g/mol. The van der Waals surface area contributed by atoms with Crippen LogP contribution in [0.25, 0.3) is 32.7 Å². The largest absolute Gasteiger partial charge is 0.507 e. The second kappa shape index (κ2) is 16.1. The van der Waals surface area contributed by atoms with E-state index in [1.165, 1.54) is 43.5 Å². The lowest BCUT2D eigenvalue weighted by Crippen LogP contribution is -2.47. The Bertz CT molecular complexity index is 2330. The number of benzene rings is 5. The number of nitrogens with one attached hydrogen (secondary N) is 3. The number of hydrogen-bond donors (Lipinski definition) is 4. The van der Waals surface area contributed by atoms with E-state index in [1.807, 2.05) is 12.1 Å². The summed E-state index contributed by atoms with van der Waals surface area (Å²) in [6.45, 7) is 9.99. The number of ether oxygens (including phenoxy) is 4. The number of esters is 1. The highest BCUT2D eigenvalue weighted by atomic mass is 32.2. The maximum Gasteiger partial charge on any atom is 0.412 e. The van der Waals surface area contributed by atoms with Crippen molar-refractivity contribution in [2.75, 3.05) is 18.4 Å². The summed E-state index contributed by atoms with van der Waals surface area (Å²) in [4.78, 5) is 39.2. The lowest BCUT2D eigenvalue weighted by atomic mass is 9.93. The van der Waals surface area contributed by atoms with E-state index in [0.717, 1.165) is 5.39 Å². The second-order valence-electron chi connectivity index (χ2n) is 14.6. The van der Waals surface area contributed by atoms with Crippen LogP contribution in [0.1, 0.15) is 48.0 Å². The predicted octanol–water partition coefficient (Wildman–Crippen LogP) is 7.89. The van der Waals surface area contributed by atoms with E-state index in [1.54, 1.807) is 84.0 Å². The Labute approximate surface area is 320 Å². The van der Waals surface area contributed by atoms with Gasteiger partial charge in [0.2, 0.25) is 0 Å². The Kier molecular flexibility index (Phi) is 11.8. The molecule has 0 aliphatic carbocycles. The smallest absolute Gasteiger partial charge is 0.412 e. The standard InChI is InChI=1S/C41H45N3O10S/c1-40(2,3)53-37(46)32(43-39(48)54-41(4,5)6)22-23-42-38(47)52-36-30-15-11-10-14-29(30)33(44-55(49,50)27-19-17-26(51-7)18-20-27)24-31(36)35-28-13-9-8-12-25(28)16-21-34(35)45/h8-21,24,32,44-45H,22-23H2,1-7H3,(H,42,47)(H,43,48)/t32-/m0/s1. The number of anilines is 1. The van der Waals surface area contributed by atoms with Crippen molar-refractivity contribution in [2.24, 2.45) is 0 Å². The van der Waals surface area contributed by atoms with Gasteiger partial charge in [0.1, 0.15) is 34.5 Å². The molecule has 0 aliphatic heterocycles. The summed E-state index contributed by atoms with van der Waals surface area (Å²) in [5.74, 6) is -0.349. The number of hydrogen-bond acceptors (Lipinski definition) is 10. The van der Waals surface area contributed by atoms with Crippen LogP contribution >= 0.6 is 0 Å². The number of methoxy groups -OCH3 is 1. The zero-order chi connectivity index (χ0) is 40.1. The van der Waals surface area contributed by atoms with Gasteiger partial charge in [-0.3, -0.25) is 4.72 Å². The third kappa shape index (κ3) is 10.1. The zero-order valence-electron chi connectivity index (χ0n) is 31.7. The summed E-state index contributed by atoms with van der Waals surface area (Å²) >= 11 is 0. The number of phenolic OH excluding ortho intramolecular Hbond substituents is 1. The van der Waals surface area contributed by atoms with Gasteiger partial charge in [-0.15, -0.1) is 0 Å². The first kappa shape index (κ1) is 40.2. The Morgan fingerprint density at radius 3 is 2.02 bits per heavy atom. The number of carbonyl (C=O) groups excluding carboxylic acids is 3. The van der Waals surface area contributed by atoms with Crippen LogP contribution in [0, 0.1) is 0 Å². The van der Waals surface area contributed by atoms with Gasteiger partial charge in [0.05, 0.1) is 17.7 Å². The average molecular weight is 772 g/mol. The molecule has 4 N–H and O–H groups in total. The summed E-state index contributed by atoms with van der Waals surface area (Å²) in [7, 11) is -2.66.